The van der Waals surface area contributed by atoms with Crippen LogP contribution < -0.4 is 5.32 Å². The van der Waals surface area contributed by atoms with Gasteiger partial charge in [0.1, 0.15) is 0 Å². The van der Waals surface area contributed by atoms with Crippen molar-refractivity contribution in [2.45, 2.75) is 38.8 Å². The number of hydrogen-bond donors (Lipinski definition) is 2. The highest BCUT2D eigenvalue weighted by Gasteiger charge is 2.24. The molecule has 0 aliphatic carbocycles. The van der Waals surface area contributed by atoms with Crippen molar-refractivity contribution < 1.29 is 14.6 Å². The summed E-state index contributed by atoms with van der Waals surface area (Å²) >= 11 is 0. The Balaban J connectivity index is 2.78. The number of nitrogens with one attached hydrogen (secondary N) is 1. The second-order valence-electron chi connectivity index (χ2n) is 4.68. The number of carbonyl (C=O) groups is 1. The molecule has 0 amide bonds. The summed E-state index contributed by atoms with van der Waals surface area (Å²) < 4.78 is 5.06. The van der Waals surface area contributed by atoms with Gasteiger partial charge in [0.05, 0.1) is 6.10 Å². The molecule has 0 aliphatic heterocycles. The zero-order valence-corrected chi connectivity index (χ0v) is 11.3. The van der Waals surface area contributed by atoms with Crippen LogP contribution in [0.4, 0.5) is 5.69 Å². The van der Waals surface area contributed by atoms with Crippen LogP contribution in [0.15, 0.2) is 24.3 Å². The first-order chi connectivity index (χ1) is 8.45. The number of anilines is 1. The summed E-state index contributed by atoms with van der Waals surface area (Å²) in [5.41, 5.74) is 2.02. The van der Waals surface area contributed by atoms with Gasteiger partial charge >= 0.3 is 5.97 Å². The lowest BCUT2D eigenvalue weighted by Gasteiger charge is -2.21. The maximum absolute atomic E-state index is 11.1. The Morgan fingerprint density at radius 3 is 2.17 bits per heavy atom. The smallest absolute Gasteiger partial charge is 0.328 e. The van der Waals surface area contributed by atoms with E-state index < -0.39 is 18.1 Å². The Hall–Kier alpha value is -1.55. The second kappa shape index (κ2) is 6.40. The lowest BCUT2D eigenvalue weighted by atomic mass is 10.0. The van der Waals surface area contributed by atoms with Gasteiger partial charge in [-0.3, -0.25) is 0 Å². The summed E-state index contributed by atoms with van der Waals surface area (Å²) in [4.78, 5) is 11.1. The van der Waals surface area contributed by atoms with Crippen molar-refractivity contribution in [1.29, 1.82) is 0 Å². The molecule has 4 nitrogen and oxygen atoms in total. The van der Waals surface area contributed by atoms with E-state index in [0.717, 1.165) is 5.69 Å². The number of benzene rings is 1. The fraction of sp³-hybridized carbons (Fsp3) is 0.500. The van der Waals surface area contributed by atoms with Crippen molar-refractivity contribution in [1.82, 2.24) is 0 Å². The molecule has 0 heterocycles. The summed E-state index contributed by atoms with van der Waals surface area (Å²) in [7, 11) is 1.50. The van der Waals surface area contributed by atoms with Gasteiger partial charge in [-0.15, -0.1) is 0 Å². The topological polar surface area (TPSA) is 58.6 Å². The van der Waals surface area contributed by atoms with E-state index in [9.17, 15) is 4.79 Å². The first-order valence-corrected chi connectivity index (χ1v) is 6.07. The van der Waals surface area contributed by atoms with Crippen molar-refractivity contribution in [3.8, 4) is 0 Å². The van der Waals surface area contributed by atoms with E-state index >= 15 is 0 Å². The highest BCUT2D eigenvalue weighted by Crippen LogP contribution is 2.18. The van der Waals surface area contributed by atoms with Crippen LogP contribution >= 0.6 is 0 Å². The van der Waals surface area contributed by atoms with Crippen molar-refractivity contribution in [2.24, 2.45) is 0 Å². The average molecular weight is 251 g/mol. The predicted octanol–water partition coefficient (Wildman–Crippen LogP) is 2.71. The molecule has 1 rings (SSSR count). The monoisotopic (exact) mass is 251 g/mol. The lowest BCUT2D eigenvalue weighted by Crippen LogP contribution is -2.40. The van der Waals surface area contributed by atoms with E-state index in [1.807, 2.05) is 24.3 Å². The Bertz CT molecular complexity index is 387. The third kappa shape index (κ3) is 3.74. The van der Waals surface area contributed by atoms with Crippen LogP contribution in [0.25, 0.3) is 0 Å². The molecule has 0 spiro atoms. The number of carboxylic acid groups (broad SMARTS) is 1. The molecule has 2 N–H and O–H groups in total. The number of rotatable bonds is 6. The standard InChI is InChI=1S/C14H21NO3/c1-9(2)11-5-7-12(8-6-11)15-13(14(16)17)10(3)18-4/h5-10,13,15H,1-4H3,(H,16,17). The molecular weight excluding hydrogens is 230 g/mol. The third-order valence-electron chi connectivity index (χ3n) is 3.01. The maximum Gasteiger partial charge on any atom is 0.328 e. The van der Waals surface area contributed by atoms with Crippen LogP contribution in [0, 0.1) is 0 Å². The SMILES string of the molecule is COC(C)C(Nc1ccc(C(C)C)cc1)C(=O)O. The molecule has 2 atom stereocenters. The van der Waals surface area contributed by atoms with Gasteiger partial charge in [-0.25, -0.2) is 4.79 Å². The van der Waals surface area contributed by atoms with Gasteiger partial charge in [-0.1, -0.05) is 26.0 Å². The lowest BCUT2D eigenvalue weighted by molar-refractivity contribution is -0.140. The molecule has 18 heavy (non-hydrogen) atoms. The molecule has 0 bridgehead atoms. The quantitative estimate of drug-likeness (QED) is 0.816. The molecular formula is C14H21NO3. The molecule has 0 fully saturated rings. The zero-order chi connectivity index (χ0) is 13.7. The Kier molecular flexibility index (Phi) is 5.16. The van der Waals surface area contributed by atoms with E-state index in [1.54, 1.807) is 6.92 Å². The van der Waals surface area contributed by atoms with Gasteiger partial charge in [-0.2, -0.15) is 0 Å². The van der Waals surface area contributed by atoms with Gasteiger partial charge in [-0.05, 0) is 30.5 Å². The first kappa shape index (κ1) is 14.5. The van der Waals surface area contributed by atoms with Gasteiger partial charge in [0, 0.05) is 12.8 Å². The largest absolute Gasteiger partial charge is 0.480 e. The van der Waals surface area contributed by atoms with E-state index in [4.69, 9.17) is 9.84 Å². The number of hydrogen-bond acceptors (Lipinski definition) is 3. The summed E-state index contributed by atoms with van der Waals surface area (Å²) in [5.74, 6) is -0.454. The van der Waals surface area contributed by atoms with Crippen LogP contribution in [0.3, 0.4) is 0 Å². The molecule has 0 radical (unpaired) electrons. The van der Waals surface area contributed by atoms with Gasteiger partial charge in [0.15, 0.2) is 6.04 Å². The maximum atomic E-state index is 11.1. The van der Waals surface area contributed by atoms with E-state index in [-0.39, 0.29) is 0 Å². The fourth-order valence-corrected chi connectivity index (χ4v) is 1.66. The molecule has 1 aromatic rings. The normalized spacial score (nSPS) is 14.3. The van der Waals surface area contributed by atoms with Crippen molar-refractivity contribution in [2.75, 3.05) is 12.4 Å². The number of methoxy groups -OCH3 is 1. The minimum atomic E-state index is -0.919. The zero-order valence-electron chi connectivity index (χ0n) is 11.3. The molecule has 4 heteroatoms. The van der Waals surface area contributed by atoms with Crippen molar-refractivity contribution in [3.63, 3.8) is 0 Å². The van der Waals surface area contributed by atoms with Gasteiger partial charge < -0.3 is 15.2 Å². The molecule has 1 aromatic carbocycles. The molecule has 0 aromatic heterocycles. The van der Waals surface area contributed by atoms with Gasteiger partial charge in [0.2, 0.25) is 0 Å². The molecule has 0 aliphatic rings. The van der Waals surface area contributed by atoms with Crippen LogP contribution in [-0.2, 0) is 9.53 Å². The third-order valence-corrected chi connectivity index (χ3v) is 3.01. The first-order valence-electron chi connectivity index (χ1n) is 6.07. The molecule has 2 unspecified atom stereocenters. The number of ether oxygens (including phenoxy) is 1. The minimum absolute atomic E-state index is 0.396. The van der Waals surface area contributed by atoms with Crippen molar-refractivity contribution >= 4 is 11.7 Å². The summed E-state index contributed by atoms with van der Waals surface area (Å²) in [6, 6.07) is 7.05. The van der Waals surface area contributed by atoms with E-state index in [1.165, 1.54) is 12.7 Å². The summed E-state index contributed by atoms with van der Waals surface area (Å²) in [6.07, 6.45) is -0.396. The number of carboxylic acids is 1. The predicted molar refractivity (Wildman–Crippen MR) is 72.0 cm³/mol. The highest BCUT2D eigenvalue weighted by atomic mass is 16.5. The van der Waals surface area contributed by atoms with E-state index in [2.05, 4.69) is 19.2 Å². The van der Waals surface area contributed by atoms with Crippen LogP contribution in [0.5, 0.6) is 0 Å². The van der Waals surface area contributed by atoms with Crippen molar-refractivity contribution in [3.05, 3.63) is 29.8 Å². The minimum Gasteiger partial charge on any atom is -0.480 e. The molecule has 0 saturated heterocycles. The Labute approximate surface area is 108 Å². The Morgan fingerprint density at radius 2 is 1.78 bits per heavy atom. The van der Waals surface area contributed by atoms with Gasteiger partial charge in [0.25, 0.3) is 0 Å². The fourth-order valence-electron chi connectivity index (χ4n) is 1.66. The molecule has 100 valence electrons. The summed E-state index contributed by atoms with van der Waals surface area (Å²) in [6.45, 7) is 5.97. The van der Waals surface area contributed by atoms with Crippen LogP contribution in [0.2, 0.25) is 0 Å². The average Bonchev–Trinajstić information content (AvgIpc) is 2.35. The second-order valence-corrected chi connectivity index (χ2v) is 4.68. The van der Waals surface area contributed by atoms with E-state index in [0.29, 0.717) is 5.92 Å². The number of aliphatic carboxylic acids is 1. The summed E-state index contributed by atoms with van der Waals surface area (Å²) in [5, 5.41) is 12.1. The van der Waals surface area contributed by atoms with Crippen LogP contribution in [-0.4, -0.2) is 30.3 Å². The molecule has 0 saturated carbocycles. The van der Waals surface area contributed by atoms with Crippen LogP contribution in [0.1, 0.15) is 32.3 Å². The highest BCUT2D eigenvalue weighted by molar-refractivity contribution is 5.78. The Morgan fingerprint density at radius 1 is 1.22 bits per heavy atom.